The summed E-state index contributed by atoms with van der Waals surface area (Å²) < 4.78 is 14.0. The third-order valence-corrected chi connectivity index (χ3v) is 4.93. The molecule has 0 aliphatic carbocycles. The van der Waals surface area contributed by atoms with Crippen LogP contribution in [-0.2, 0) is 0 Å². The number of carbonyl (C=O) groups is 1. The highest BCUT2D eigenvalue weighted by Gasteiger charge is 2.21. The minimum absolute atomic E-state index is 0.0628. The number of hydrogen-bond donors (Lipinski definition) is 0. The Kier molecular flexibility index (Phi) is 6.79. The number of carbonyl (C=O) groups excluding carboxylic acids is 1. The summed E-state index contributed by atoms with van der Waals surface area (Å²) in [4.78, 5) is 27.4. The molecule has 0 spiro atoms. The third kappa shape index (κ3) is 4.58. The molecule has 6 nitrogen and oxygen atoms in total. The maximum atomic E-state index is 14.0. The monoisotopic (exact) mass is 385 g/mol. The number of para-hydroxylation sites is 1. The van der Waals surface area contributed by atoms with Crippen molar-refractivity contribution < 1.29 is 9.18 Å². The van der Waals surface area contributed by atoms with E-state index in [0.29, 0.717) is 24.5 Å². The van der Waals surface area contributed by atoms with E-state index in [1.54, 1.807) is 18.5 Å². The van der Waals surface area contributed by atoms with E-state index in [9.17, 15) is 9.18 Å². The number of anilines is 2. The van der Waals surface area contributed by atoms with Crippen molar-refractivity contribution in [3.8, 4) is 0 Å². The van der Waals surface area contributed by atoms with Crippen molar-refractivity contribution in [1.82, 2.24) is 14.9 Å². The fraction of sp³-hybridized carbons (Fsp3) is 0.476. The largest absolute Gasteiger partial charge is 0.366 e. The molecule has 1 saturated heterocycles. The molecule has 1 aliphatic rings. The van der Waals surface area contributed by atoms with Crippen molar-refractivity contribution in [2.24, 2.45) is 0 Å². The van der Waals surface area contributed by atoms with Crippen LogP contribution in [0.3, 0.4) is 0 Å². The van der Waals surface area contributed by atoms with Gasteiger partial charge in [-0.25, -0.2) is 14.4 Å². The molecule has 0 bridgehead atoms. The number of piperazine rings is 1. The first-order valence-electron chi connectivity index (χ1n) is 9.99. The lowest BCUT2D eigenvalue weighted by Gasteiger charge is -2.36. The van der Waals surface area contributed by atoms with Gasteiger partial charge in [-0.3, -0.25) is 4.79 Å². The van der Waals surface area contributed by atoms with Crippen LogP contribution in [0.2, 0.25) is 0 Å². The molecule has 1 aromatic carbocycles. The van der Waals surface area contributed by atoms with E-state index in [-0.39, 0.29) is 11.7 Å². The van der Waals surface area contributed by atoms with E-state index >= 15 is 0 Å². The number of rotatable bonds is 7. The molecule has 1 fully saturated rings. The predicted octanol–water partition coefficient (Wildman–Crippen LogP) is 3.20. The van der Waals surface area contributed by atoms with Crippen molar-refractivity contribution >= 4 is 17.4 Å². The fourth-order valence-electron chi connectivity index (χ4n) is 3.50. The Morgan fingerprint density at radius 3 is 2.21 bits per heavy atom. The van der Waals surface area contributed by atoms with Gasteiger partial charge < -0.3 is 14.7 Å². The molecule has 2 heterocycles. The lowest BCUT2D eigenvalue weighted by molar-refractivity contribution is 0.0749. The van der Waals surface area contributed by atoms with Crippen LogP contribution < -0.4 is 9.80 Å². The number of aromatic nitrogens is 2. The van der Waals surface area contributed by atoms with Crippen LogP contribution in [0.25, 0.3) is 0 Å². The van der Waals surface area contributed by atoms with Crippen LogP contribution in [0.15, 0.2) is 36.7 Å². The molecule has 0 saturated carbocycles. The smallest absolute Gasteiger partial charge is 0.274 e. The lowest BCUT2D eigenvalue weighted by Crippen LogP contribution is -2.47. The number of benzene rings is 1. The fourth-order valence-corrected chi connectivity index (χ4v) is 3.50. The second kappa shape index (κ2) is 9.48. The van der Waals surface area contributed by atoms with E-state index in [1.807, 2.05) is 21.9 Å². The Bertz CT molecular complexity index is 769. The van der Waals surface area contributed by atoms with E-state index in [4.69, 9.17) is 0 Å². The molecule has 2 aromatic rings. The third-order valence-electron chi connectivity index (χ3n) is 4.93. The first-order chi connectivity index (χ1) is 13.6. The Hall–Kier alpha value is -2.70. The predicted molar refractivity (Wildman–Crippen MR) is 109 cm³/mol. The van der Waals surface area contributed by atoms with Gasteiger partial charge in [0.05, 0.1) is 18.1 Å². The van der Waals surface area contributed by atoms with Crippen LogP contribution in [0.4, 0.5) is 15.9 Å². The summed E-state index contributed by atoms with van der Waals surface area (Å²) in [6, 6.07) is 6.86. The second-order valence-corrected chi connectivity index (χ2v) is 6.98. The molecule has 1 aliphatic heterocycles. The van der Waals surface area contributed by atoms with E-state index < -0.39 is 0 Å². The normalized spacial score (nSPS) is 14.2. The molecule has 1 aromatic heterocycles. The van der Waals surface area contributed by atoms with Crippen LogP contribution in [-0.4, -0.2) is 60.0 Å². The van der Waals surface area contributed by atoms with Gasteiger partial charge in [0.1, 0.15) is 17.3 Å². The van der Waals surface area contributed by atoms with Gasteiger partial charge in [-0.2, -0.15) is 0 Å². The number of amides is 1. The van der Waals surface area contributed by atoms with Gasteiger partial charge in [0, 0.05) is 39.3 Å². The molecule has 0 atom stereocenters. The van der Waals surface area contributed by atoms with E-state index in [0.717, 1.165) is 44.8 Å². The quantitative estimate of drug-likeness (QED) is 0.733. The summed E-state index contributed by atoms with van der Waals surface area (Å²) in [5.41, 5.74) is 1.02. The van der Waals surface area contributed by atoms with Crippen LogP contribution in [0, 0.1) is 5.82 Å². The summed E-state index contributed by atoms with van der Waals surface area (Å²) >= 11 is 0. The zero-order valence-corrected chi connectivity index (χ0v) is 16.6. The zero-order valence-electron chi connectivity index (χ0n) is 16.6. The minimum atomic E-state index is -0.192. The highest BCUT2D eigenvalue weighted by Crippen LogP contribution is 2.21. The average molecular weight is 385 g/mol. The lowest BCUT2D eigenvalue weighted by atomic mass is 10.2. The maximum absolute atomic E-state index is 14.0. The number of hydrogen-bond acceptors (Lipinski definition) is 5. The summed E-state index contributed by atoms with van der Waals surface area (Å²) in [6.45, 7) is 8.47. The Morgan fingerprint density at radius 2 is 1.64 bits per heavy atom. The number of halogens is 1. The molecule has 3 rings (SSSR count). The standard InChI is InChI=1S/C21H28FN5O/c1-3-9-27(10-4-2)21(28)18-15-24-20(16-23-18)26-13-11-25(12-14-26)19-8-6-5-7-17(19)22/h5-8,15-16H,3-4,9-14H2,1-2H3. The van der Waals surface area contributed by atoms with Crippen LogP contribution in [0.5, 0.6) is 0 Å². The van der Waals surface area contributed by atoms with Crippen molar-refractivity contribution in [3.63, 3.8) is 0 Å². The van der Waals surface area contributed by atoms with E-state index in [1.165, 1.54) is 6.07 Å². The molecule has 0 radical (unpaired) electrons. The first-order valence-corrected chi connectivity index (χ1v) is 9.99. The van der Waals surface area contributed by atoms with Crippen molar-refractivity contribution in [3.05, 3.63) is 48.2 Å². The molecule has 0 N–H and O–H groups in total. The minimum Gasteiger partial charge on any atom is -0.366 e. The van der Waals surface area contributed by atoms with Gasteiger partial charge >= 0.3 is 0 Å². The van der Waals surface area contributed by atoms with Crippen LogP contribution >= 0.6 is 0 Å². The molecule has 28 heavy (non-hydrogen) atoms. The summed E-state index contributed by atoms with van der Waals surface area (Å²) in [5.74, 6) is 0.497. The van der Waals surface area contributed by atoms with Gasteiger partial charge in [0.25, 0.3) is 5.91 Å². The Balaban J connectivity index is 1.61. The van der Waals surface area contributed by atoms with Crippen molar-refractivity contribution in [1.29, 1.82) is 0 Å². The van der Waals surface area contributed by atoms with Gasteiger partial charge in [-0.15, -0.1) is 0 Å². The molecule has 150 valence electrons. The summed E-state index contributed by atoms with van der Waals surface area (Å²) in [5, 5.41) is 0. The Morgan fingerprint density at radius 1 is 1.00 bits per heavy atom. The van der Waals surface area contributed by atoms with Gasteiger partial charge in [-0.05, 0) is 25.0 Å². The molecular formula is C21H28FN5O. The zero-order chi connectivity index (χ0) is 19.9. The SMILES string of the molecule is CCCN(CCC)C(=O)c1cnc(N2CCN(c3ccccc3F)CC2)cn1. The van der Waals surface area contributed by atoms with Crippen molar-refractivity contribution in [2.75, 3.05) is 49.1 Å². The number of nitrogens with zero attached hydrogens (tertiary/aromatic N) is 5. The van der Waals surface area contributed by atoms with Crippen LogP contribution in [0.1, 0.15) is 37.2 Å². The van der Waals surface area contributed by atoms with Crippen molar-refractivity contribution in [2.45, 2.75) is 26.7 Å². The van der Waals surface area contributed by atoms with E-state index in [2.05, 4.69) is 28.7 Å². The molecular weight excluding hydrogens is 357 g/mol. The first kappa shape index (κ1) is 20.0. The van der Waals surface area contributed by atoms with Gasteiger partial charge in [0.2, 0.25) is 0 Å². The Labute approximate surface area is 166 Å². The highest BCUT2D eigenvalue weighted by atomic mass is 19.1. The summed E-state index contributed by atoms with van der Waals surface area (Å²) in [6.07, 6.45) is 5.08. The second-order valence-electron chi connectivity index (χ2n) is 6.98. The van der Waals surface area contributed by atoms with Gasteiger partial charge in [0.15, 0.2) is 0 Å². The van der Waals surface area contributed by atoms with Gasteiger partial charge in [-0.1, -0.05) is 26.0 Å². The maximum Gasteiger partial charge on any atom is 0.274 e. The molecule has 1 amide bonds. The highest BCUT2D eigenvalue weighted by molar-refractivity contribution is 5.92. The average Bonchev–Trinajstić information content (AvgIpc) is 2.74. The summed E-state index contributed by atoms with van der Waals surface area (Å²) in [7, 11) is 0. The topological polar surface area (TPSA) is 52.6 Å². The molecule has 7 heteroatoms. The molecule has 0 unspecified atom stereocenters.